The minimum atomic E-state index is 0.0478. The Labute approximate surface area is 200 Å². The number of hydrogen-bond acceptors (Lipinski definition) is 6. The monoisotopic (exact) mass is 460 g/mol. The molecule has 0 saturated carbocycles. The Morgan fingerprint density at radius 3 is 2.53 bits per heavy atom. The molecule has 6 heterocycles. The first-order valence-electron chi connectivity index (χ1n) is 12.6. The van der Waals surface area contributed by atoms with E-state index in [2.05, 4.69) is 19.7 Å². The zero-order chi connectivity index (χ0) is 23.1. The van der Waals surface area contributed by atoms with E-state index in [0.29, 0.717) is 42.4 Å². The molecule has 0 aliphatic carbocycles. The molecule has 178 valence electrons. The Morgan fingerprint density at radius 2 is 1.76 bits per heavy atom. The number of rotatable bonds is 3. The fourth-order valence-corrected chi connectivity index (χ4v) is 6.36. The number of fused-ring (bicyclic) bond motifs is 4. The fraction of sp³-hybridized carbons (Fsp3) is 0.538. The molecule has 8 nitrogen and oxygen atoms in total. The van der Waals surface area contributed by atoms with Crippen LogP contribution in [0.1, 0.15) is 36.0 Å². The van der Waals surface area contributed by atoms with Crippen molar-refractivity contribution < 1.29 is 9.59 Å². The molecule has 2 aromatic rings. The van der Waals surface area contributed by atoms with Crippen LogP contribution in [0.4, 0.5) is 11.6 Å². The third-order valence-electron chi connectivity index (χ3n) is 8.04. The lowest BCUT2D eigenvalue weighted by Crippen LogP contribution is -2.60. The molecular weight excluding hydrogens is 428 g/mol. The fourth-order valence-electron chi connectivity index (χ4n) is 6.36. The summed E-state index contributed by atoms with van der Waals surface area (Å²) < 4.78 is 0. The van der Waals surface area contributed by atoms with Crippen molar-refractivity contribution in [1.82, 2.24) is 19.8 Å². The summed E-state index contributed by atoms with van der Waals surface area (Å²) >= 11 is 0. The van der Waals surface area contributed by atoms with Gasteiger partial charge in [0, 0.05) is 70.7 Å². The lowest BCUT2D eigenvalue weighted by atomic mass is 9.76. The first kappa shape index (κ1) is 21.4. The maximum atomic E-state index is 13.1. The van der Waals surface area contributed by atoms with E-state index >= 15 is 0 Å². The number of carbonyl (C=O) groups is 2. The molecule has 2 amide bonds. The van der Waals surface area contributed by atoms with E-state index in [9.17, 15) is 9.59 Å². The van der Waals surface area contributed by atoms with Crippen molar-refractivity contribution in [1.29, 1.82) is 0 Å². The number of hydrogen-bond donors (Lipinski definition) is 0. The average Bonchev–Trinajstić information content (AvgIpc) is 2.89. The zero-order valence-corrected chi connectivity index (χ0v) is 19.6. The summed E-state index contributed by atoms with van der Waals surface area (Å²) in [7, 11) is 0. The van der Waals surface area contributed by atoms with Crippen LogP contribution in [0.15, 0.2) is 42.7 Å². The number of nitrogens with zero attached hydrogens (tertiary/aromatic N) is 6. The quantitative estimate of drug-likeness (QED) is 0.700. The van der Waals surface area contributed by atoms with Gasteiger partial charge in [-0.25, -0.2) is 9.97 Å². The predicted molar refractivity (Wildman–Crippen MR) is 130 cm³/mol. The van der Waals surface area contributed by atoms with E-state index in [1.807, 2.05) is 35.2 Å². The molecule has 6 rings (SSSR count). The second-order valence-corrected chi connectivity index (χ2v) is 10.1. The summed E-state index contributed by atoms with van der Waals surface area (Å²) in [4.78, 5) is 43.3. The van der Waals surface area contributed by atoms with Gasteiger partial charge in [0.1, 0.15) is 11.6 Å². The molecule has 0 radical (unpaired) electrons. The van der Waals surface area contributed by atoms with E-state index in [1.54, 1.807) is 12.4 Å². The standard InChI is InChI=1S/C26H32N6O2/c33-25-6-3-4-22-21-14-19(17-32(22)25)16-31(18-21)24-8-7-20(15-28-24)26(34)30-12-10-29(11-13-30)23-5-1-2-9-27-23/h1-2,5,7-9,15,19,21-22H,3-4,6,10-14,16-18H2/t19-,21-,22-/m1/s1. The van der Waals surface area contributed by atoms with E-state index in [0.717, 1.165) is 63.6 Å². The summed E-state index contributed by atoms with van der Waals surface area (Å²) in [6.07, 6.45) is 7.63. The summed E-state index contributed by atoms with van der Waals surface area (Å²) in [5, 5.41) is 0. The maximum Gasteiger partial charge on any atom is 0.255 e. The SMILES string of the molecule is O=C(c1ccc(N2C[C@H]3C[C@H](C2)[C@H]2CCCC(=O)N2C3)nc1)N1CCN(c2ccccn2)CC1. The second-order valence-electron chi connectivity index (χ2n) is 10.1. The highest BCUT2D eigenvalue weighted by molar-refractivity contribution is 5.94. The van der Waals surface area contributed by atoms with Crippen LogP contribution in [0, 0.1) is 11.8 Å². The molecule has 2 bridgehead atoms. The average molecular weight is 461 g/mol. The molecule has 34 heavy (non-hydrogen) atoms. The minimum Gasteiger partial charge on any atom is -0.356 e. The van der Waals surface area contributed by atoms with Crippen molar-refractivity contribution in [3.63, 3.8) is 0 Å². The number of carbonyl (C=O) groups excluding carboxylic acids is 2. The zero-order valence-electron chi connectivity index (χ0n) is 19.6. The van der Waals surface area contributed by atoms with E-state index < -0.39 is 0 Å². The molecule has 4 saturated heterocycles. The number of aromatic nitrogens is 2. The molecule has 0 spiro atoms. The lowest BCUT2D eigenvalue weighted by molar-refractivity contribution is -0.142. The number of piperidine rings is 3. The topological polar surface area (TPSA) is 72.9 Å². The molecular formula is C26H32N6O2. The molecule has 2 aromatic heterocycles. The molecule has 3 atom stereocenters. The molecule has 0 N–H and O–H groups in total. The highest BCUT2D eigenvalue weighted by Gasteiger charge is 2.44. The van der Waals surface area contributed by atoms with Crippen LogP contribution in [0.5, 0.6) is 0 Å². The molecule has 0 unspecified atom stereocenters. The highest BCUT2D eigenvalue weighted by Crippen LogP contribution is 2.38. The van der Waals surface area contributed by atoms with Gasteiger partial charge in [0.25, 0.3) is 5.91 Å². The van der Waals surface area contributed by atoms with Crippen LogP contribution < -0.4 is 9.80 Å². The van der Waals surface area contributed by atoms with Crippen molar-refractivity contribution in [3.8, 4) is 0 Å². The van der Waals surface area contributed by atoms with Crippen LogP contribution in [0.2, 0.25) is 0 Å². The van der Waals surface area contributed by atoms with Crippen molar-refractivity contribution in [2.75, 3.05) is 55.6 Å². The maximum absolute atomic E-state index is 13.1. The van der Waals surface area contributed by atoms with Gasteiger partial charge in [-0.15, -0.1) is 0 Å². The Morgan fingerprint density at radius 1 is 0.912 bits per heavy atom. The smallest absolute Gasteiger partial charge is 0.255 e. The summed E-state index contributed by atoms with van der Waals surface area (Å²) in [5.74, 6) is 3.34. The summed E-state index contributed by atoms with van der Waals surface area (Å²) in [6.45, 7) is 5.70. The van der Waals surface area contributed by atoms with E-state index in [1.165, 1.54) is 6.42 Å². The number of anilines is 2. The third kappa shape index (κ3) is 3.99. The van der Waals surface area contributed by atoms with Gasteiger partial charge in [-0.2, -0.15) is 0 Å². The van der Waals surface area contributed by atoms with Crippen molar-refractivity contribution in [2.24, 2.45) is 11.8 Å². The van der Waals surface area contributed by atoms with Gasteiger partial charge in [0.2, 0.25) is 5.91 Å². The molecule has 8 heteroatoms. The Bertz CT molecular complexity index is 1040. The first-order valence-corrected chi connectivity index (χ1v) is 12.6. The summed E-state index contributed by atoms with van der Waals surface area (Å²) in [5.41, 5.74) is 0.649. The predicted octanol–water partition coefficient (Wildman–Crippen LogP) is 2.28. The van der Waals surface area contributed by atoms with Crippen LogP contribution >= 0.6 is 0 Å². The second kappa shape index (κ2) is 8.89. The third-order valence-corrected chi connectivity index (χ3v) is 8.04. The van der Waals surface area contributed by atoms with Crippen LogP contribution in [-0.4, -0.2) is 83.4 Å². The first-order chi connectivity index (χ1) is 16.7. The van der Waals surface area contributed by atoms with Gasteiger partial charge in [0.05, 0.1) is 5.56 Å². The molecule has 4 aliphatic rings. The Kier molecular flexibility index (Phi) is 5.59. The number of piperazine rings is 1. The van der Waals surface area contributed by atoms with Crippen molar-refractivity contribution in [2.45, 2.75) is 31.7 Å². The number of pyridine rings is 2. The van der Waals surface area contributed by atoms with Gasteiger partial charge in [0.15, 0.2) is 0 Å². The van der Waals surface area contributed by atoms with Gasteiger partial charge in [-0.1, -0.05) is 6.07 Å². The lowest BCUT2D eigenvalue weighted by Gasteiger charge is -2.52. The van der Waals surface area contributed by atoms with Gasteiger partial charge >= 0.3 is 0 Å². The van der Waals surface area contributed by atoms with Gasteiger partial charge in [-0.05, 0) is 55.4 Å². The molecule has 4 fully saturated rings. The molecule has 0 aromatic carbocycles. The van der Waals surface area contributed by atoms with Crippen molar-refractivity contribution in [3.05, 3.63) is 48.3 Å². The molecule has 4 aliphatic heterocycles. The van der Waals surface area contributed by atoms with E-state index in [4.69, 9.17) is 4.98 Å². The van der Waals surface area contributed by atoms with E-state index in [-0.39, 0.29) is 5.91 Å². The number of amides is 2. The highest BCUT2D eigenvalue weighted by atomic mass is 16.2. The Hall–Kier alpha value is -3.16. The normalized spacial score (nSPS) is 26.9. The van der Waals surface area contributed by atoms with Crippen molar-refractivity contribution >= 4 is 23.5 Å². The van der Waals surface area contributed by atoms with Crippen LogP contribution in [-0.2, 0) is 4.79 Å². The Balaban J connectivity index is 1.08. The largest absolute Gasteiger partial charge is 0.356 e. The summed E-state index contributed by atoms with van der Waals surface area (Å²) in [6, 6.07) is 10.2. The van der Waals surface area contributed by atoms with Crippen LogP contribution in [0.25, 0.3) is 0 Å². The minimum absolute atomic E-state index is 0.0478. The van der Waals surface area contributed by atoms with Gasteiger partial charge < -0.3 is 19.6 Å². The van der Waals surface area contributed by atoms with Gasteiger partial charge in [-0.3, -0.25) is 9.59 Å². The van der Waals surface area contributed by atoms with Crippen LogP contribution in [0.3, 0.4) is 0 Å².